The highest BCUT2D eigenvalue weighted by atomic mass is 19.2. The van der Waals surface area contributed by atoms with Crippen LogP contribution in [-0.4, -0.2) is 18.1 Å². The number of hydrogen-bond donors (Lipinski definition) is 1. The van der Waals surface area contributed by atoms with E-state index >= 15 is 0 Å². The number of hydrogen-bond acceptors (Lipinski definition) is 4. The van der Waals surface area contributed by atoms with Gasteiger partial charge in [0.2, 0.25) is 0 Å². The number of carbonyl (C=O) groups excluding carboxylic acids is 1. The van der Waals surface area contributed by atoms with Crippen LogP contribution in [0.4, 0.5) is 14.5 Å². The third-order valence-corrected chi connectivity index (χ3v) is 2.67. The predicted octanol–water partition coefficient (Wildman–Crippen LogP) is 2.76. The highest BCUT2D eigenvalue weighted by Crippen LogP contribution is 2.21. The largest absolute Gasteiger partial charge is 0.465 e. The second-order valence-corrected chi connectivity index (χ2v) is 3.95. The van der Waals surface area contributed by atoms with Gasteiger partial charge in [-0.15, -0.1) is 0 Å². The minimum absolute atomic E-state index is 0.0409. The number of benzene rings is 1. The molecule has 0 aliphatic carbocycles. The normalized spacial score (nSPS) is 10.2. The molecule has 104 valence electrons. The number of aromatic nitrogens is 1. The average molecular weight is 278 g/mol. The van der Waals surface area contributed by atoms with Gasteiger partial charge in [0, 0.05) is 6.20 Å². The Kier molecular flexibility index (Phi) is 4.24. The van der Waals surface area contributed by atoms with Gasteiger partial charge in [-0.1, -0.05) is 6.07 Å². The fourth-order valence-electron chi connectivity index (χ4n) is 1.64. The molecule has 20 heavy (non-hydrogen) atoms. The molecule has 6 heteroatoms. The van der Waals surface area contributed by atoms with Crippen molar-refractivity contribution in [1.29, 1.82) is 0 Å². The molecule has 1 aromatic carbocycles. The monoisotopic (exact) mass is 278 g/mol. The summed E-state index contributed by atoms with van der Waals surface area (Å²) in [7, 11) is 1.10. The summed E-state index contributed by atoms with van der Waals surface area (Å²) in [5.41, 5.74) is 0.207. The van der Waals surface area contributed by atoms with Gasteiger partial charge in [0.05, 0.1) is 30.6 Å². The predicted molar refractivity (Wildman–Crippen MR) is 69.3 cm³/mol. The van der Waals surface area contributed by atoms with E-state index < -0.39 is 23.2 Å². The lowest BCUT2D eigenvalue weighted by atomic mass is 10.1. The van der Waals surface area contributed by atoms with Gasteiger partial charge in [-0.3, -0.25) is 4.98 Å². The van der Waals surface area contributed by atoms with Gasteiger partial charge in [0.1, 0.15) is 0 Å². The van der Waals surface area contributed by atoms with Crippen LogP contribution >= 0.6 is 0 Å². The van der Waals surface area contributed by atoms with Crippen molar-refractivity contribution in [3.05, 3.63) is 59.4 Å². The van der Waals surface area contributed by atoms with Crippen LogP contribution in [0.25, 0.3) is 0 Å². The highest BCUT2D eigenvalue weighted by Gasteiger charge is 2.18. The lowest BCUT2D eigenvalue weighted by molar-refractivity contribution is 0.0594. The van der Waals surface area contributed by atoms with Gasteiger partial charge in [0.15, 0.2) is 11.6 Å². The fourth-order valence-corrected chi connectivity index (χ4v) is 1.64. The number of carbonyl (C=O) groups is 1. The summed E-state index contributed by atoms with van der Waals surface area (Å²) in [5.74, 6) is -3.27. The summed E-state index contributed by atoms with van der Waals surface area (Å²) >= 11 is 0. The van der Waals surface area contributed by atoms with Gasteiger partial charge < -0.3 is 10.1 Å². The lowest BCUT2D eigenvalue weighted by Gasteiger charge is -2.09. The molecule has 0 aliphatic heterocycles. The van der Waals surface area contributed by atoms with E-state index in [4.69, 9.17) is 0 Å². The topological polar surface area (TPSA) is 51.2 Å². The molecule has 0 saturated heterocycles. The number of methoxy groups -OCH3 is 1. The van der Waals surface area contributed by atoms with E-state index in [1.165, 1.54) is 12.1 Å². The van der Waals surface area contributed by atoms with E-state index in [0.29, 0.717) is 5.69 Å². The molecule has 0 unspecified atom stereocenters. The smallest absolute Gasteiger partial charge is 0.340 e. The van der Waals surface area contributed by atoms with Gasteiger partial charge >= 0.3 is 5.97 Å². The average Bonchev–Trinajstić information content (AvgIpc) is 2.49. The van der Waals surface area contributed by atoms with Gasteiger partial charge in [-0.05, 0) is 24.3 Å². The number of ether oxygens (including phenoxy) is 1. The van der Waals surface area contributed by atoms with Crippen molar-refractivity contribution in [2.75, 3.05) is 12.4 Å². The van der Waals surface area contributed by atoms with Crippen molar-refractivity contribution >= 4 is 11.7 Å². The Balaban J connectivity index is 2.18. The third kappa shape index (κ3) is 2.90. The zero-order valence-electron chi connectivity index (χ0n) is 10.7. The Morgan fingerprint density at radius 1 is 1.25 bits per heavy atom. The lowest BCUT2D eigenvalue weighted by Crippen LogP contribution is -2.09. The fraction of sp³-hybridized carbons (Fsp3) is 0.143. The van der Waals surface area contributed by atoms with Crippen LogP contribution in [0.1, 0.15) is 16.1 Å². The van der Waals surface area contributed by atoms with Crippen LogP contribution in [0.2, 0.25) is 0 Å². The minimum Gasteiger partial charge on any atom is -0.465 e. The molecule has 0 aliphatic rings. The SMILES string of the molecule is COC(=O)c1ccc(NCc2ccccn2)c(F)c1F. The molecule has 0 atom stereocenters. The second-order valence-electron chi connectivity index (χ2n) is 3.95. The number of halogens is 2. The number of nitrogens with one attached hydrogen (secondary N) is 1. The first kappa shape index (κ1) is 13.9. The molecular weight excluding hydrogens is 266 g/mol. The van der Waals surface area contributed by atoms with Gasteiger partial charge in [0.25, 0.3) is 0 Å². The maximum Gasteiger partial charge on any atom is 0.340 e. The van der Waals surface area contributed by atoms with Crippen molar-refractivity contribution < 1.29 is 18.3 Å². The van der Waals surface area contributed by atoms with Crippen molar-refractivity contribution in [2.24, 2.45) is 0 Å². The van der Waals surface area contributed by atoms with Gasteiger partial charge in [-0.25, -0.2) is 13.6 Å². The molecule has 4 nitrogen and oxygen atoms in total. The first-order valence-electron chi connectivity index (χ1n) is 5.83. The maximum absolute atomic E-state index is 13.8. The number of esters is 1. The molecule has 0 saturated carbocycles. The Bertz CT molecular complexity index is 618. The maximum atomic E-state index is 13.8. The molecule has 0 spiro atoms. The van der Waals surface area contributed by atoms with Crippen LogP contribution < -0.4 is 5.32 Å². The second kappa shape index (κ2) is 6.10. The zero-order chi connectivity index (χ0) is 14.5. The molecule has 1 aromatic heterocycles. The summed E-state index contributed by atoms with van der Waals surface area (Å²) in [6.45, 7) is 0.245. The summed E-state index contributed by atoms with van der Waals surface area (Å²) in [6.07, 6.45) is 1.61. The van der Waals surface area contributed by atoms with Crippen LogP contribution in [-0.2, 0) is 11.3 Å². The number of rotatable bonds is 4. The van der Waals surface area contributed by atoms with Crippen LogP contribution in [0.5, 0.6) is 0 Å². The van der Waals surface area contributed by atoms with E-state index in [9.17, 15) is 13.6 Å². The van der Waals surface area contributed by atoms with Crippen molar-refractivity contribution in [1.82, 2.24) is 4.98 Å². The Hall–Kier alpha value is -2.50. The van der Waals surface area contributed by atoms with Crippen LogP contribution in [0.3, 0.4) is 0 Å². The molecule has 0 fully saturated rings. The standard InChI is InChI=1S/C14H12F2N2O2/c1-20-14(19)10-5-6-11(13(16)12(10)15)18-8-9-4-2-3-7-17-9/h2-7,18H,8H2,1H3. The highest BCUT2D eigenvalue weighted by molar-refractivity contribution is 5.90. The van der Waals surface area contributed by atoms with E-state index in [1.54, 1.807) is 24.4 Å². The number of pyridine rings is 1. The third-order valence-electron chi connectivity index (χ3n) is 2.67. The molecule has 1 N–H and O–H groups in total. The van der Waals surface area contributed by atoms with E-state index in [-0.39, 0.29) is 12.2 Å². The summed E-state index contributed by atoms with van der Waals surface area (Å²) in [6, 6.07) is 7.76. The molecule has 2 rings (SSSR count). The summed E-state index contributed by atoms with van der Waals surface area (Å²) < 4.78 is 31.9. The molecule has 0 bridgehead atoms. The molecule has 0 radical (unpaired) electrons. The van der Waals surface area contributed by atoms with Gasteiger partial charge in [-0.2, -0.15) is 0 Å². The molecule has 1 heterocycles. The first-order chi connectivity index (χ1) is 9.63. The summed E-state index contributed by atoms with van der Waals surface area (Å²) in [5, 5.41) is 2.72. The van der Waals surface area contributed by atoms with E-state index in [1.807, 2.05) is 0 Å². The summed E-state index contributed by atoms with van der Waals surface area (Å²) in [4.78, 5) is 15.3. The Morgan fingerprint density at radius 3 is 2.70 bits per heavy atom. The zero-order valence-corrected chi connectivity index (χ0v) is 10.7. The van der Waals surface area contributed by atoms with E-state index in [0.717, 1.165) is 7.11 Å². The quantitative estimate of drug-likeness (QED) is 0.874. The van der Waals surface area contributed by atoms with Crippen molar-refractivity contribution in [3.8, 4) is 0 Å². The van der Waals surface area contributed by atoms with Crippen molar-refractivity contribution in [2.45, 2.75) is 6.54 Å². The van der Waals surface area contributed by atoms with Crippen LogP contribution in [0.15, 0.2) is 36.5 Å². The molecule has 2 aromatic rings. The van der Waals surface area contributed by atoms with Crippen molar-refractivity contribution in [3.63, 3.8) is 0 Å². The Labute approximate surface area is 114 Å². The number of nitrogens with zero attached hydrogens (tertiary/aromatic N) is 1. The number of anilines is 1. The van der Waals surface area contributed by atoms with Crippen LogP contribution in [0, 0.1) is 11.6 Å². The minimum atomic E-state index is -1.23. The first-order valence-corrected chi connectivity index (χ1v) is 5.83. The molecular formula is C14H12F2N2O2. The van der Waals surface area contributed by atoms with E-state index in [2.05, 4.69) is 15.0 Å². The molecule has 0 amide bonds. The Morgan fingerprint density at radius 2 is 2.05 bits per heavy atom.